The largest absolute Gasteiger partial charge is 0.507 e. The monoisotopic (exact) mass is 472 g/mol. The average Bonchev–Trinajstić information content (AvgIpc) is 2.87. The molecule has 4 aromatic rings. The third kappa shape index (κ3) is 5.90. The number of phenolic OH excluding ortho intramolecular Hbond substituents is 2. The van der Waals surface area contributed by atoms with Crippen molar-refractivity contribution in [1.82, 2.24) is 25.8 Å². The normalized spacial score (nSPS) is 10.2. The van der Waals surface area contributed by atoms with Gasteiger partial charge in [-0.25, -0.2) is 0 Å². The van der Waals surface area contributed by atoms with E-state index in [2.05, 4.69) is 42.0 Å². The zero-order valence-corrected chi connectivity index (χ0v) is 18.1. The molecule has 0 fully saturated rings. The molecule has 0 radical (unpaired) electrons. The molecule has 0 aliphatic carbocycles. The Morgan fingerprint density at radius 3 is 1.49 bits per heavy atom. The number of hydrazine groups is 2. The van der Waals surface area contributed by atoms with Gasteiger partial charge in [0.15, 0.2) is 0 Å². The van der Waals surface area contributed by atoms with Gasteiger partial charge in [0.05, 0.1) is 11.1 Å². The van der Waals surface area contributed by atoms with Gasteiger partial charge in [0.25, 0.3) is 11.8 Å². The minimum absolute atomic E-state index is 0.0463. The lowest BCUT2D eigenvalue weighted by molar-refractivity contribution is 0.0951. The summed E-state index contributed by atoms with van der Waals surface area (Å²) in [4.78, 5) is 37.3. The van der Waals surface area contributed by atoms with Gasteiger partial charge in [0, 0.05) is 5.69 Å². The molecule has 0 spiro atoms. The third-order valence-electron chi connectivity index (χ3n) is 4.54. The summed E-state index contributed by atoms with van der Waals surface area (Å²) in [6.07, 6.45) is 0. The minimum Gasteiger partial charge on any atom is -0.507 e. The van der Waals surface area contributed by atoms with Crippen molar-refractivity contribution in [2.75, 3.05) is 16.2 Å². The van der Waals surface area contributed by atoms with Crippen molar-refractivity contribution < 1.29 is 19.8 Å². The van der Waals surface area contributed by atoms with E-state index in [0.717, 1.165) is 0 Å². The van der Waals surface area contributed by atoms with Crippen LogP contribution >= 0.6 is 0 Å². The first-order chi connectivity index (χ1) is 17.0. The first kappa shape index (κ1) is 22.8. The van der Waals surface area contributed by atoms with E-state index in [4.69, 9.17) is 0 Å². The predicted molar refractivity (Wildman–Crippen MR) is 128 cm³/mol. The van der Waals surface area contributed by atoms with Crippen LogP contribution in [0.2, 0.25) is 0 Å². The highest BCUT2D eigenvalue weighted by molar-refractivity contribution is 5.97. The summed E-state index contributed by atoms with van der Waals surface area (Å²) >= 11 is 0. The predicted octanol–water partition coefficient (Wildman–Crippen LogP) is 2.54. The summed E-state index contributed by atoms with van der Waals surface area (Å²) in [6, 6.07) is 21.1. The Bertz CT molecular complexity index is 1270. The molecule has 176 valence electrons. The number of phenols is 2. The Hall–Kier alpha value is -5.39. The number of carbonyl (C=O) groups excluding carboxylic acids is 2. The van der Waals surface area contributed by atoms with Crippen molar-refractivity contribution in [3.63, 3.8) is 0 Å². The molecule has 0 aliphatic rings. The van der Waals surface area contributed by atoms with E-state index in [0.29, 0.717) is 5.69 Å². The van der Waals surface area contributed by atoms with Gasteiger partial charge in [-0.05, 0) is 36.4 Å². The number of para-hydroxylation sites is 3. The van der Waals surface area contributed by atoms with Gasteiger partial charge in [-0.3, -0.25) is 31.3 Å². The molecule has 12 nitrogen and oxygen atoms in total. The highest BCUT2D eigenvalue weighted by atomic mass is 16.3. The van der Waals surface area contributed by atoms with Crippen LogP contribution in [0.3, 0.4) is 0 Å². The Morgan fingerprint density at radius 2 is 1.00 bits per heavy atom. The van der Waals surface area contributed by atoms with Crippen LogP contribution in [0.25, 0.3) is 0 Å². The van der Waals surface area contributed by atoms with Crippen LogP contribution in [-0.2, 0) is 0 Å². The van der Waals surface area contributed by atoms with Gasteiger partial charge in [-0.15, -0.1) is 0 Å². The molecule has 0 bridgehead atoms. The Balaban J connectivity index is 1.52. The van der Waals surface area contributed by atoms with Crippen molar-refractivity contribution >= 4 is 35.3 Å². The van der Waals surface area contributed by atoms with Gasteiger partial charge in [-0.1, -0.05) is 42.5 Å². The number of carbonyl (C=O) groups is 2. The second-order valence-corrected chi connectivity index (χ2v) is 6.99. The van der Waals surface area contributed by atoms with Crippen molar-refractivity contribution in [3.8, 4) is 11.5 Å². The minimum atomic E-state index is -0.622. The van der Waals surface area contributed by atoms with Crippen molar-refractivity contribution in [2.24, 2.45) is 0 Å². The van der Waals surface area contributed by atoms with Gasteiger partial charge in [0.2, 0.25) is 17.8 Å². The van der Waals surface area contributed by atoms with Gasteiger partial charge < -0.3 is 15.5 Å². The summed E-state index contributed by atoms with van der Waals surface area (Å²) < 4.78 is 0. The molecule has 2 amide bonds. The van der Waals surface area contributed by atoms with Crippen molar-refractivity contribution in [1.29, 1.82) is 0 Å². The fourth-order valence-electron chi connectivity index (χ4n) is 2.89. The number of nitrogens with zero attached hydrogens (tertiary/aromatic N) is 3. The maximum Gasteiger partial charge on any atom is 0.273 e. The van der Waals surface area contributed by atoms with E-state index >= 15 is 0 Å². The first-order valence-electron chi connectivity index (χ1n) is 10.3. The van der Waals surface area contributed by atoms with Crippen molar-refractivity contribution in [3.05, 3.63) is 90.0 Å². The van der Waals surface area contributed by atoms with Gasteiger partial charge in [-0.2, -0.15) is 15.0 Å². The number of rotatable bonds is 8. The smallest absolute Gasteiger partial charge is 0.273 e. The second-order valence-electron chi connectivity index (χ2n) is 6.99. The number of benzene rings is 3. The standard InChI is InChI=1S/C23H20N8O4/c32-17-12-6-4-10-15(17)19(34)28-30-22-25-21(24-14-8-2-1-3-9-14)26-23(27-22)31-29-20(35)16-11-5-7-13-18(16)33/h1-13,32-33H,(H,28,34)(H,29,35)(H3,24,25,26,27,30,31). The lowest BCUT2D eigenvalue weighted by Gasteiger charge is -2.13. The molecule has 1 heterocycles. The van der Waals surface area contributed by atoms with Gasteiger partial charge in [0.1, 0.15) is 11.5 Å². The fourth-order valence-corrected chi connectivity index (χ4v) is 2.89. The molecule has 1 aromatic heterocycles. The van der Waals surface area contributed by atoms with E-state index in [1.54, 1.807) is 36.4 Å². The molecule has 4 rings (SSSR count). The summed E-state index contributed by atoms with van der Waals surface area (Å²) in [5.74, 6) is -1.66. The van der Waals surface area contributed by atoms with E-state index in [1.165, 1.54) is 24.3 Å². The number of anilines is 4. The molecule has 12 heteroatoms. The van der Waals surface area contributed by atoms with Crippen LogP contribution < -0.4 is 27.0 Å². The number of hydrogen-bond donors (Lipinski definition) is 7. The zero-order valence-electron chi connectivity index (χ0n) is 18.1. The second kappa shape index (κ2) is 10.5. The van der Waals surface area contributed by atoms with E-state index < -0.39 is 11.8 Å². The molecular weight excluding hydrogens is 452 g/mol. The molecule has 0 aliphatic heterocycles. The number of hydrogen-bond acceptors (Lipinski definition) is 10. The topological polar surface area (TPSA) is 173 Å². The van der Waals surface area contributed by atoms with Crippen LogP contribution in [0.1, 0.15) is 20.7 Å². The van der Waals surface area contributed by atoms with Crippen LogP contribution in [0.5, 0.6) is 11.5 Å². The van der Waals surface area contributed by atoms with Gasteiger partial charge >= 0.3 is 0 Å². The first-order valence-corrected chi connectivity index (χ1v) is 10.3. The molecule has 0 unspecified atom stereocenters. The SMILES string of the molecule is O=C(NNc1nc(NNC(=O)c2ccccc2O)nc(Nc2ccccc2)n1)c1ccccc1O. The Labute approximate surface area is 199 Å². The highest BCUT2D eigenvalue weighted by Gasteiger charge is 2.14. The molecule has 3 aromatic carbocycles. The number of nitrogens with one attached hydrogen (secondary N) is 5. The average molecular weight is 472 g/mol. The van der Waals surface area contributed by atoms with Crippen LogP contribution in [-0.4, -0.2) is 37.0 Å². The molecular formula is C23H20N8O4. The highest BCUT2D eigenvalue weighted by Crippen LogP contribution is 2.18. The lowest BCUT2D eigenvalue weighted by atomic mass is 10.2. The quantitative estimate of drug-likeness (QED) is 0.189. The fraction of sp³-hybridized carbons (Fsp3) is 0. The molecule has 0 atom stereocenters. The maximum atomic E-state index is 12.4. The van der Waals surface area contributed by atoms with Crippen molar-refractivity contribution in [2.45, 2.75) is 0 Å². The Kier molecular flexibility index (Phi) is 6.83. The summed E-state index contributed by atoms with van der Waals surface area (Å²) in [5, 5.41) is 22.7. The number of aromatic nitrogens is 3. The third-order valence-corrected chi connectivity index (χ3v) is 4.54. The molecule has 7 N–H and O–H groups in total. The summed E-state index contributed by atoms with van der Waals surface area (Å²) in [5.41, 5.74) is 10.7. The van der Waals surface area contributed by atoms with E-state index in [-0.39, 0.29) is 40.5 Å². The Morgan fingerprint density at radius 1 is 0.571 bits per heavy atom. The number of aromatic hydroxyl groups is 2. The maximum absolute atomic E-state index is 12.4. The van der Waals surface area contributed by atoms with Crippen LogP contribution in [0, 0.1) is 0 Å². The van der Waals surface area contributed by atoms with Crippen LogP contribution in [0.4, 0.5) is 23.5 Å². The summed E-state index contributed by atoms with van der Waals surface area (Å²) in [6.45, 7) is 0. The molecule has 0 saturated carbocycles. The zero-order chi connectivity index (χ0) is 24.6. The van der Waals surface area contributed by atoms with Crippen LogP contribution in [0.15, 0.2) is 78.9 Å². The molecule has 35 heavy (non-hydrogen) atoms. The van der Waals surface area contributed by atoms with E-state index in [9.17, 15) is 19.8 Å². The summed E-state index contributed by atoms with van der Waals surface area (Å²) in [7, 11) is 0. The molecule has 0 saturated heterocycles. The van der Waals surface area contributed by atoms with E-state index in [1.807, 2.05) is 18.2 Å². The number of amides is 2. The lowest BCUT2D eigenvalue weighted by Crippen LogP contribution is -2.32.